The van der Waals surface area contributed by atoms with Gasteiger partial charge in [0.15, 0.2) is 11.8 Å². The molecule has 0 fully saturated rings. The van der Waals surface area contributed by atoms with Gasteiger partial charge in [-0.3, -0.25) is 4.99 Å². The monoisotopic (exact) mass is 562 g/mol. The smallest absolute Gasteiger partial charge is 0.191 e. The van der Waals surface area contributed by atoms with Crippen molar-refractivity contribution >= 4 is 29.9 Å². The van der Waals surface area contributed by atoms with Gasteiger partial charge in [-0.15, -0.1) is 24.0 Å². The number of halogens is 1. The van der Waals surface area contributed by atoms with Crippen molar-refractivity contribution in [3.05, 3.63) is 71.3 Å². The van der Waals surface area contributed by atoms with Crippen LogP contribution in [-0.4, -0.2) is 40.9 Å². The summed E-state index contributed by atoms with van der Waals surface area (Å²) in [4.78, 5) is 8.94. The number of hydrogen-bond acceptors (Lipinski definition) is 5. The van der Waals surface area contributed by atoms with Crippen LogP contribution in [0.15, 0.2) is 53.5 Å². The highest BCUT2D eigenvalue weighted by atomic mass is 127. The number of hydrogen-bond donors (Lipinski definition) is 2. The Labute approximate surface area is 211 Å². The van der Waals surface area contributed by atoms with Gasteiger partial charge < -0.3 is 20.1 Å². The minimum atomic E-state index is 0. The van der Waals surface area contributed by atoms with E-state index in [0.29, 0.717) is 13.2 Å². The van der Waals surface area contributed by atoms with Crippen molar-refractivity contribution < 1.29 is 9.47 Å². The summed E-state index contributed by atoms with van der Waals surface area (Å²) in [7, 11) is 3.44. The quantitative estimate of drug-likeness (QED) is 0.259. The molecule has 8 nitrogen and oxygen atoms in total. The molecule has 1 unspecified atom stereocenters. The number of aromatic nitrogens is 3. The Hall–Kier alpha value is -2.66. The number of methoxy groups -OCH3 is 1. The van der Waals surface area contributed by atoms with Gasteiger partial charge in [-0.25, -0.2) is 9.67 Å². The van der Waals surface area contributed by atoms with E-state index in [2.05, 4.69) is 31.8 Å². The van der Waals surface area contributed by atoms with Crippen molar-refractivity contribution in [1.29, 1.82) is 0 Å². The van der Waals surface area contributed by atoms with Crippen LogP contribution >= 0.6 is 24.0 Å². The first-order chi connectivity index (χ1) is 15.7. The van der Waals surface area contributed by atoms with Crippen LogP contribution in [0.4, 0.5) is 0 Å². The number of aliphatic imine (C=N–C) groups is 1. The number of guanidine groups is 1. The molecule has 0 spiro atoms. The highest BCUT2D eigenvalue weighted by Crippen LogP contribution is 2.27. The number of nitrogens with one attached hydrogen (secondary N) is 2. The normalized spacial score (nSPS) is 15.4. The Morgan fingerprint density at radius 2 is 1.91 bits per heavy atom. The number of rotatable bonds is 7. The Kier molecular flexibility index (Phi) is 9.07. The van der Waals surface area contributed by atoms with E-state index in [1.165, 1.54) is 0 Å². The van der Waals surface area contributed by atoms with Gasteiger partial charge in [0.2, 0.25) is 0 Å². The lowest BCUT2D eigenvalue weighted by atomic mass is 10.1. The molecule has 0 radical (unpaired) electrons. The first-order valence-electron chi connectivity index (χ1n) is 10.9. The minimum Gasteiger partial charge on any atom is -0.457 e. The van der Waals surface area contributed by atoms with Crippen molar-refractivity contribution in [2.24, 2.45) is 4.99 Å². The van der Waals surface area contributed by atoms with Crippen LogP contribution in [0.2, 0.25) is 0 Å². The van der Waals surface area contributed by atoms with Crippen molar-refractivity contribution in [3.8, 4) is 11.5 Å². The third kappa shape index (κ3) is 6.44. The predicted molar refractivity (Wildman–Crippen MR) is 139 cm³/mol. The summed E-state index contributed by atoms with van der Waals surface area (Å²) in [6, 6.07) is 16.3. The lowest BCUT2D eigenvalue weighted by molar-refractivity contribution is 0.177. The van der Waals surface area contributed by atoms with Gasteiger partial charge in [0.1, 0.15) is 23.9 Å². The van der Waals surface area contributed by atoms with E-state index in [9.17, 15) is 0 Å². The zero-order valence-electron chi connectivity index (χ0n) is 19.2. The standard InChI is InChI=1S/C24H30N6O2.HI/c1-17-8-4-6-10-20(17)32-21-11-7-5-9-18(21)14-26-24(25-2)27-19-12-13-23-28-22(16-31-3)29-30(23)15-19;/h4-11,19H,12-16H2,1-3H3,(H2,25,26,27);1H. The maximum absolute atomic E-state index is 6.19. The fourth-order valence-corrected chi connectivity index (χ4v) is 3.77. The van der Waals surface area contributed by atoms with Crippen LogP contribution in [0.3, 0.4) is 0 Å². The third-order valence-electron chi connectivity index (χ3n) is 5.47. The fraction of sp³-hybridized carbons (Fsp3) is 0.375. The van der Waals surface area contributed by atoms with Crippen LogP contribution in [0.25, 0.3) is 0 Å². The summed E-state index contributed by atoms with van der Waals surface area (Å²) in [5, 5.41) is 11.5. The highest BCUT2D eigenvalue weighted by Gasteiger charge is 2.22. The number of nitrogens with zero attached hydrogens (tertiary/aromatic N) is 4. The molecule has 176 valence electrons. The largest absolute Gasteiger partial charge is 0.457 e. The Balaban J connectivity index is 0.00000306. The molecule has 2 heterocycles. The van der Waals surface area contributed by atoms with E-state index < -0.39 is 0 Å². The van der Waals surface area contributed by atoms with Crippen LogP contribution in [0.1, 0.15) is 29.2 Å². The maximum Gasteiger partial charge on any atom is 0.191 e. The average molecular weight is 562 g/mol. The molecule has 0 aliphatic carbocycles. The molecular formula is C24H31IN6O2. The molecule has 0 saturated carbocycles. The SMILES string of the molecule is CN=C(NCc1ccccc1Oc1ccccc1C)NC1CCc2nc(COC)nn2C1.I. The summed E-state index contributed by atoms with van der Waals surface area (Å²) < 4.78 is 13.3. The maximum atomic E-state index is 6.19. The van der Waals surface area contributed by atoms with Gasteiger partial charge in [-0.05, 0) is 31.0 Å². The Morgan fingerprint density at radius 1 is 1.15 bits per heavy atom. The second kappa shape index (κ2) is 12.0. The Bertz CT molecular complexity index is 1080. The molecule has 33 heavy (non-hydrogen) atoms. The van der Waals surface area contributed by atoms with Gasteiger partial charge in [-0.1, -0.05) is 36.4 Å². The van der Waals surface area contributed by atoms with Crippen LogP contribution in [0.5, 0.6) is 11.5 Å². The summed E-state index contributed by atoms with van der Waals surface area (Å²) in [5.74, 6) is 4.19. The van der Waals surface area contributed by atoms with E-state index in [1.54, 1.807) is 14.2 Å². The second-order valence-electron chi connectivity index (χ2n) is 7.84. The summed E-state index contributed by atoms with van der Waals surface area (Å²) in [5.41, 5.74) is 2.16. The highest BCUT2D eigenvalue weighted by molar-refractivity contribution is 14.0. The molecule has 0 bridgehead atoms. The topological polar surface area (TPSA) is 85.6 Å². The molecule has 0 amide bonds. The third-order valence-corrected chi connectivity index (χ3v) is 5.47. The lowest BCUT2D eigenvalue weighted by Crippen LogP contribution is -2.46. The van der Waals surface area contributed by atoms with Gasteiger partial charge in [0.05, 0.1) is 6.54 Å². The van der Waals surface area contributed by atoms with Gasteiger partial charge >= 0.3 is 0 Å². The first kappa shape index (κ1) is 25.0. The fourth-order valence-electron chi connectivity index (χ4n) is 3.77. The van der Waals surface area contributed by atoms with Crippen molar-refractivity contribution in [1.82, 2.24) is 25.4 Å². The molecule has 4 rings (SSSR count). The van der Waals surface area contributed by atoms with Crippen LogP contribution < -0.4 is 15.4 Å². The number of para-hydroxylation sites is 2. The molecule has 9 heteroatoms. The average Bonchev–Trinajstić information content (AvgIpc) is 3.21. The second-order valence-corrected chi connectivity index (χ2v) is 7.84. The molecule has 1 aliphatic heterocycles. The van der Waals surface area contributed by atoms with Crippen molar-refractivity contribution in [2.75, 3.05) is 14.2 Å². The van der Waals surface area contributed by atoms with E-state index in [4.69, 9.17) is 9.47 Å². The zero-order valence-corrected chi connectivity index (χ0v) is 21.6. The molecule has 2 aromatic carbocycles. The molecule has 3 aromatic rings. The van der Waals surface area contributed by atoms with E-state index in [0.717, 1.165) is 59.6 Å². The molecule has 0 saturated heterocycles. The van der Waals surface area contributed by atoms with Gasteiger partial charge in [0, 0.05) is 38.7 Å². The molecule has 1 aromatic heterocycles. The summed E-state index contributed by atoms with van der Waals surface area (Å²) in [6.45, 7) is 3.83. The number of benzene rings is 2. The number of aryl methyl sites for hydroxylation is 2. The molecular weight excluding hydrogens is 531 g/mol. The van der Waals surface area contributed by atoms with E-state index in [1.807, 2.05) is 54.1 Å². The summed E-state index contributed by atoms with van der Waals surface area (Å²) >= 11 is 0. The van der Waals surface area contributed by atoms with Crippen molar-refractivity contribution in [3.63, 3.8) is 0 Å². The number of fused-ring (bicyclic) bond motifs is 1. The van der Waals surface area contributed by atoms with Crippen LogP contribution in [-0.2, 0) is 30.9 Å². The Morgan fingerprint density at radius 3 is 2.67 bits per heavy atom. The lowest BCUT2D eigenvalue weighted by Gasteiger charge is -2.25. The molecule has 1 aliphatic rings. The molecule has 1 atom stereocenters. The van der Waals surface area contributed by atoms with E-state index >= 15 is 0 Å². The van der Waals surface area contributed by atoms with Crippen molar-refractivity contribution in [2.45, 2.75) is 45.5 Å². The number of ether oxygens (including phenoxy) is 2. The summed E-state index contributed by atoms with van der Waals surface area (Å²) in [6.07, 6.45) is 1.84. The van der Waals surface area contributed by atoms with E-state index in [-0.39, 0.29) is 30.0 Å². The first-order valence-corrected chi connectivity index (χ1v) is 10.9. The van der Waals surface area contributed by atoms with Gasteiger partial charge in [0.25, 0.3) is 0 Å². The molecule has 2 N–H and O–H groups in total. The minimum absolute atomic E-state index is 0. The zero-order chi connectivity index (χ0) is 22.3. The van der Waals surface area contributed by atoms with Gasteiger partial charge in [-0.2, -0.15) is 5.10 Å². The van der Waals surface area contributed by atoms with Crippen LogP contribution in [0, 0.1) is 6.92 Å². The predicted octanol–water partition coefficient (Wildman–Crippen LogP) is 3.82.